The van der Waals surface area contributed by atoms with E-state index in [1.54, 1.807) is 23.2 Å². The molecule has 2 amide bonds. The monoisotopic (exact) mass is 626 g/mol. The number of rotatable bonds is 5. The van der Waals surface area contributed by atoms with Gasteiger partial charge in [-0.1, -0.05) is 47.7 Å². The van der Waals surface area contributed by atoms with Gasteiger partial charge in [-0.3, -0.25) is 14.3 Å². The van der Waals surface area contributed by atoms with Gasteiger partial charge in [0.25, 0.3) is 5.91 Å². The van der Waals surface area contributed by atoms with Crippen molar-refractivity contribution < 1.29 is 23.1 Å². The summed E-state index contributed by atoms with van der Waals surface area (Å²) >= 11 is 4.79. The van der Waals surface area contributed by atoms with Crippen molar-refractivity contribution in [1.82, 2.24) is 20.0 Å². The Bertz CT molecular complexity index is 1570. The number of carbonyl (C=O) groups is 2. The Hall–Kier alpha value is -3.57. The maximum atomic E-state index is 14.2. The third-order valence-electron chi connectivity index (χ3n) is 7.36. The second-order valence-corrected chi connectivity index (χ2v) is 11.7. The highest BCUT2D eigenvalue weighted by Gasteiger charge is 2.35. The number of amides is 2. The summed E-state index contributed by atoms with van der Waals surface area (Å²) in [5.74, 6) is -2.54. The van der Waals surface area contributed by atoms with E-state index in [0.717, 1.165) is 27.4 Å². The molecule has 11 heteroatoms. The standard InChI is InChI=1S/C29H25BrF2N4O3S/c30-21-15-33-36-10-11-39-29-20(27(21)36)14-25(40-29)28(38)34-24-16-35(26(37)12-17-4-2-1-3-5-17)9-8-19(24)18-6-7-22(31)23(32)13-18/h1-7,13-15,19,24H,8-12,16H2,(H,34,38)/t19-,24+/m0/s1. The molecule has 7 nitrogen and oxygen atoms in total. The second-order valence-electron chi connectivity index (χ2n) is 9.88. The van der Waals surface area contributed by atoms with Crippen LogP contribution in [0, 0.1) is 11.6 Å². The highest BCUT2D eigenvalue weighted by atomic mass is 79.9. The summed E-state index contributed by atoms with van der Waals surface area (Å²) in [7, 11) is 0. The number of halogens is 3. The number of hydrogen-bond donors (Lipinski definition) is 1. The Kier molecular flexibility index (Phi) is 7.41. The van der Waals surface area contributed by atoms with Crippen LogP contribution in [-0.2, 0) is 17.8 Å². The normalized spacial score (nSPS) is 18.3. The number of hydrogen-bond acceptors (Lipinski definition) is 5. The molecular weight excluding hydrogens is 602 g/mol. The van der Waals surface area contributed by atoms with Crippen LogP contribution in [0.15, 0.2) is 65.3 Å². The number of nitrogens with zero attached hydrogens (tertiary/aromatic N) is 3. The molecule has 2 atom stereocenters. The fraction of sp³-hybridized carbons (Fsp3) is 0.276. The Balaban J connectivity index is 1.26. The second kappa shape index (κ2) is 11.1. The molecule has 1 fully saturated rings. The molecule has 2 aliphatic heterocycles. The zero-order chi connectivity index (χ0) is 27.8. The molecule has 2 aliphatic rings. The zero-order valence-electron chi connectivity index (χ0n) is 21.3. The lowest BCUT2D eigenvalue weighted by molar-refractivity contribution is -0.132. The van der Waals surface area contributed by atoms with Crippen molar-refractivity contribution in [2.45, 2.75) is 31.3 Å². The first-order valence-corrected chi connectivity index (χ1v) is 14.5. The molecule has 1 saturated heterocycles. The number of nitrogens with one attached hydrogen (secondary N) is 1. The number of carbonyl (C=O) groups excluding carboxylic acids is 2. The average Bonchev–Trinajstić information content (AvgIpc) is 3.49. The predicted molar refractivity (Wildman–Crippen MR) is 150 cm³/mol. The molecule has 0 saturated carbocycles. The quantitative estimate of drug-likeness (QED) is 0.322. The van der Waals surface area contributed by atoms with Crippen LogP contribution >= 0.6 is 27.3 Å². The van der Waals surface area contributed by atoms with Crippen LogP contribution in [0.5, 0.6) is 5.06 Å². The predicted octanol–water partition coefficient (Wildman–Crippen LogP) is 5.40. The fourth-order valence-corrected chi connectivity index (χ4v) is 6.82. The lowest BCUT2D eigenvalue weighted by Crippen LogP contribution is -2.53. The minimum atomic E-state index is -0.938. The Morgan fingerprint density at radius 2 is 1.93 bits per heavy atom. The molecular formula is C29H25BrF2N4O3S. The smallest absolute Gasteiger partial charge is 0.261 e. The number of ether oxygens (including phenoxy) is 1. The number of fused-ring (bicyclic) bond motifs is 3. The molecule has 0 aliphatic carbocycles. The van der Waals surface area contributed by atoms with Crippen molar-refractivity contribution in [3.8, 4) is 16.3 Å². The van der Waals surface area contributed by atoms with Gasteiger partial charge in [-0.2, -0.15) is 5.10 Å². The molecule has 0 bridgehead atoms. The first kappa shape index (κ1) is 26.6. The van der Waals surface area contributed by atoms with Gasteiger partial charge in [-0.05, 0) is 51.7 Å². The van der Waals surface area contributed by atoms with Crippen LogP contribution in [0.25, 0.3) is 11.3 Å². The van der Waals surface area contributed by atoms with Gasteiger partial charge in [0.15, 0.2) is 16.7 Å². The average molecular weight is 628 g/mol. The third kappa shape index (κ3) is 5.27. The number of benzene rings is 2. The maximum Gasteiger partial charge on any atom is 0.261 e. The van der Waals surface area contributed by atoms with Gasteiger partial charge in [0.1, 0.15) is 6.61 Å². The minimum Gasteiger partial charge on any atom is -0.481 e. The van der Waals surface area contributed by atoms with Crippen molar-refractivity contribution in [2.75, 3.05) is 19.7 Å². The van der Waals surface area contributed by atoms with Gasteiger partial charge in [-0.25, -0.2) is 8.78 Å². The van der Waals surface area contributed by atoms with Crippen LogP contribution in [-0.4, -0.2) is 52.2 Å². The Morgan fingerprint density at radius 1 is 1.10 bits per heavy atom. The van der Waals surface area contributed by atoms with E-state index < -0.39 is 17.7 Å². The SMILES string of the molecule is O=C(N[C@@H]1CN(C(=O)Cc2ccccc2)CC[C@H]1c1ccc(F)c(F)c1)c1cc2c(s1)OCCn1ncc(Br)c1-2. The van der Waals surface area contributed by atoms with Gasteiger partial charge in [-0.15, -0.1) is 0 Å². The van der Waals surface area contributed by atoms with E-state index in [-0.39, 0.29) is 30.7 Å². The van der Waals surface area contributed by atoms with Crippen LogP contribution in [0.3, 0.4) is 0 Å². The van der Waals surface area contributed by atoms with E-state index in [2.05, 4.69) is 26.3 Å². The lowest BCUT2D eigenvalue weighted by Gasteiger charge is -2.39. The minimum absolute atomic E-state index is 0.0523. The van der Waals surface area contributed by atoms with E-state index >= 15 is 0 Å². The Morgan fingerprint density at radius 3 is 2.73 bits per heavy atom. The van der Waals surface area contributed by atoms with Crippen molar-refractivity contribution in [3.05, 3.63) is 92.9 Å². The van der Waals surface area contributed by atoms with Crippen molar-refractivity contribution in [2.24, 2.45) is 0 Å². The van der Waals surface area contributed by atoms with E-state index in [0.29, 0.717) is 41.6 Å². The van der Waals surface area contributed by atoms with Crippen LogP contribution < -0.4 is 10.1 Å². The number of likely N-dealkylation sites (tertiary alicyclic amines) is 1. The molecule has 0 radical (unpaired) electrons. The highest BCUT2D eigenvalue weighted by Crippen LogP contribution is 2.43. The molecule has 40 heavy (non-hydrogen) atoms. The highest BCUT2D eigenvalue weighted by molar-refractivity contribution is 9.10. The molecule has 0 spiro atoms. The summed E-state index contributed by atoms with van der Waals surface area (Å²) < 4.78 is 36.4. The number of aromatic nitrogens is 2. The summed E-state index contributed by atoms with van der Waals surface area (Å²) in [6, 6.07) is 14.6. The van der Waals surface area contributed by atoms with Crippen molar-refractivity contribution >= 4 is 39.1 Å². The molecule has 2 aromatic carbocycles. The van der Waals surface area contributed by atoms with Crippen LogP contribution in [0.4, 0.5) is 8.78 Å². The largest absolute Gasteiger partial charge is 0.481 e. The van der Waals surface area contributed by atoms with Gasteiger partial charge < -0.3 is 15.0 Å². The topological polar surface area (TPSA) is 76.5 Å². The van der Waals surface area contributed by atoms with E-state index in [4.69, 9.17) is 4.74 Å². The zero-order valence-corrected chi connectivity index (χ0v) is 23.7. The first-order valence-electron chi connectivity index (χ1n) is 12.9. The van der Waals surface area contributed by atoms with E-state index in [1.807, 2.05) is 35.0 Å². The molecule has 4 heterocycles. The fourth-order valence-electron chi connectivity index (χ4n) is 5.37. The molecule has 4 aromatic rings. The summed E-state index contributed by atoms with van der Waals surface area (Å²) in [6.07, 6.45) is 2.46. The summed E-state index contributed by atoms with van der Waals surface area (Å²) in [5.41, 5.74) is 3.11. The van der Waals surface area contributed by atoms with Gasteiger partial charge in [0.05, 0.1) is 45.8 Å². The Labute approximate surface area is 241 Å². The summed E-state index contributed by atoms with van der Waals surface area (Å²) in [4.78, 5) is 28.9. The van der Waals surface area contributed by atoms with Gasteiger partial charge in [0.2, 0.25) is 5.91 Å². The molecule has 1 N–H and O–H groups in total. The molecule has 0 unspecified atom stereocenters. The maximum absolute atomic E-state index is 14.2. The first-order chi connectivity index (χ1) is 19.4. The summed E-state index contributed by atoms with van der Waals surface area (Å²) in [5, 5.41) is 8.10. The molecule has 2 aromatic heterocycles. The van der Waals surface area contributed by atoms with Crippen LogP contribution in [0.1, 0.15) is 33.1 Å². The number of piperidine rings is 1. The van der Waals surface area contributed by atoms with E-state index in [1.165, 1.54) is 17.4 Å². The van der Waals surface area contributed by atoms with Gasteiger partial charge >= 0.3 is 0 Å². The van der Waals surface area contributed by atoms with Gasteiger partial charge in [0, 0.05) is 19.0 Å². The van der Waals surface area contributed by atoms with Crippen molar-refractivity contribution in [3.63, 3.8) is 0 Å². The van der Waals surface area contributed by atoms with Crippen LogP contribution in [0.2, 0.25) is 0 Å². The summed E-state index contributed by atoms with van der Waals surface area (Å²) in [6.45, 7) is 1.71. The van der Waals surface area contributed by atoms with E-state index in [9.17, 15) is 18.4 Å². The third-order valence-corrected chi connectivity index (χ3v) is 8.99. The number of thiophene rings is 1. The van der Waals surface area contributed by atoms with Crippen molar-refractivity contribution in [1.29, 1.82) is 0 Å². The molecule has 6 rings (SSSR count). The molecule has 206 valence electrons. The lowest BCUT2D eigenvalue weighted by atomic mass is 9.84.